The van der Waals surface area contributed by atoms with Crippen LogP contribution in [0.4, 0.5) is 0 Å². The molecule has 110 valence electrons. The maximum atomic E-state index is 12.2. The summed E-state index contributed by atoms with van der Waals surface area (Å²) in [6.07, 6.45) is 0.335. The summed E-state index contributed by atoms with van der Waals surface area (Å²) in [6, 6.07) is 13.8. The summed E-state index contributed by atoms with van der Waals surface area (Å²) >= 11 is 0. The number of hydroxylamine groups is 2. The highest BCUT2D eigenvalue weighted by Crippen LogP contribution is 2.25. The molecule has 1 amide bonds. The number of aryl methyl sites for hydroxylation is 3. The molecule has 0 aromatic heterocycles. The van der Waals surface area contributed by atoms with Crippen LogP contribution in [0.2, 0.25) is 0 Å². The molecule has 0 aliphatic rings. The van der Waals surface area contributed by atoms with E-state index < -0.39 is 0 Å². The lowest BCUT2D eigenvalue weighted by atomic mass is 10.1. The first-order chi connectivity index (χ1) is 9.97. The molecule has 2 aromatic carbocycles. The molecule has 0 spiro atoms. The summed E-state index contributed by atoms with van der Waals surface area (Å²) in [6.45, 7) is 6.03. The zero-order chi connectivity index (χ0) is 15.4. The van der Waals surface area contributed by atoms with Gasteiger partial charge in [0.2, 0.25) is 0 Å². The fourth-order valence-corrected chi connectivity index (χ4v) is 2.38. The number of carbonyl (C=O) groups excluding carboxylic acids is 1. The number of carbonyl (C=O) groups is 1. The van der Waals surface area contributed by atoms with Crippen LogP contribution in [-0.2, 0) is 11.2 Å². The van der Waals surface area contributed by atoms with Gasteiger partial charge in [0.25, 0.3) is 5.91 Å². The minimum Gasteiger partial charge on any atom is -0.377 e. The number of benzene rings is 2. The zero-order valence-corrected chi connectivity index (χ0v) is 13.0. The molecule has 0 bridgehead atoms. The Labute approximate surface area is 126 Å². The lowest BCUT2D eigenvalue weighted by Gasteiger charge is -2.20. The minimum absolute atomic E-state index is 0.0689. The Bertz CT molecular complexity index is 612. The summed E-state index contributed by atoms with van der Waals surface area (Å²) in [4.78, 5) is 18.0. The van der Waals surface area contributed by atoms with Crippen LogP contribution in [0.3, 0.4) is 0 Å². The van der Waals surface area contributed by atoms with E-state index in [-0.39, 0.29) is 5.91 Å². The van der Waals surface area contributed by atoms with Crippen LogP contribution >= 0.6 is 0 Å². The zero-order valence-electron chi connectivity index (χ0n) is 13.0. The molecule has 2 aromatic rings. The molecular formula is C18H21NO2. The van der Waals surface area contributed by atoms with Crippen LogP contribution in [0.5, 0.6) is 5.75 Å². The molecule has 0 radical (unpaired) electrons. The number of rotatable bonds is 4. The highest BCUT2D eigenvalue weighted by Gasteiger charge is 2.14. The quantitative estimate of drug-likeness (QED) is 0.802. The van der Waals surface area contributed by atoms with Gasteiger partial charge < -0.3 is 4.84 Å². The summed E-state index contributed by atoms with van der Waals surface area (Å²) in [5, 5.41) is 1.32. The Kier molecular flexibility index (Phi) is 4.63. The van der Waals surface area contributed by atoms with E-state index in [0.29, 0.717) is 6.42 Å². The molecule has 0 unspecified atom stereocenters. The highest BCUT2D eigenvalue weighted by atomic mass is 16.7. The van der Waals surface area contributed by atoms with Crippen molar-refractivity contribution in [1.82, 2.24) is 5.06 Å². The van der Waals surface area contributed by atoms with Gasteiger partial charge in [0.15, 0.2) is 5.75 Å². The van der Waals surface area contributed by atoms with Gasteiger partial charge in [-0.15, -0.1) is 0 Å². The average Bonchev–Trinajstić information content (AvgIpc) is 2.43. The van der Waals surface area contributed by atoms with E-state index in [1.165, 1.54) is 10.6 Å². The molecular weight excluding hydrogens is 262 g/mol. The van der Waals surface area contributed by atoms with Crippen molar-refractivity contribution in [2.75, 3.05) is 7.05 Å². The van der Waals surface area contributed by atoms with E-state index >= 15 is 0 Å². The Hall–Kier alpha value is -2.29. The SMILES string of the molecule is Cc1cc(C)c(ON(C)C(=O)Cc2ccccc2)c(C)c1. The Morgan fingerprint density at radius 3 is 2.19 bits per heavy atom. The summed E-state index contributed by atoms with van der Waals surface area (Å²) in [5.41, 5.74) is 4.24. The van der Waals surface area contributed by atoms with Crippen molar-refractivity contribution >= 4 is 5.91 Å². The van der Waals surface area contributed by atoms with Crippen molar-refractivity contribution < 1.29 is 9.63 Å². The van der Waals surface area contributed by atoms with Gasteiger partial charge in [-0.05, 0) is 37.5 Å². The lowest BCUT2D eigenvalue weighted by Crippen LogP contribution is -2.32. The molecule has 0 atom stereocenters. The molecule has 3 nitrogen and oxygen atoms in total. The van der Waals surface area contributed by atoms with Gasteiger partial charge in [-0.3, -0.25) is 4.79 Å². The number of hydrogen-bond acceptors (Lipinski definition) is 2. The predicted octanol–water partition coefficient (Wildman–Crippen LogP) is 3.61. The van der Waals surface area contributed by atoms with Gasteiger partial charge in [-0.25, -0.2) is 0 Å². The normalized spacial score (nSPS) is 10.3. The van der Waals surface area contributed by atoms with Crippen LogP contribution in [0.15, 0.2) is 42.5 Å². The molecule has 0 aliphatic heterocycles. The Balaban J connectivity index is 2.08. The van der Waals surface area contributed by atoms with Crippen LogP contribution in [-0.4, -0.2) is 18.0 Å². The van der Waals surface area contributed by atoms with Crippen LogP contribution < -0.4 is 4.84 Å². The molecule has 0 N–H and O–H groups in total. The Morgan fingerprint density at radius 1 is 1.05 bits per heavy atom. The van der Waals surface area contributed by atoms with Gasteiger partial charge in [0, 0.05) is 7.05 Å². The monoisotopic (exact) mass is 283 g/mol. The summed E-state index contributed by atoms with van der Waals surface area (Å²) in [5.74, 6) is 0.685. The van der Waals surface area contributed by atoms with Gasteiger partial charge in [-0.2, -0.15) is 5.06 Å². The standard InChI is InChI=1S/C18H21NO2/c1-13-10-14(2)18(15(3)11-13)21-19(4)17(20)12-16-8-6-5-7-9-16/h5-11H,12H2,1-4H3. The smallest absolute Gasteiger partial charge is 0.259 e. The fourth-order valence-electron chi connectivity index (χ4n) is 2.38. The number of likely N-dealkylation sites (N-methyl/N-ethyl adjacent to an activating group) is 1. The van der Waals surface area contributed by atoms with Crippen molar-refractivity contribution in [2.45, 2.75) is 27.2 Å². The van der Waals surface area contributed by atoms with Crippen molar-refractivity contribution in [3.8, 4) is 5.75 Å². The van der Waals surface area contributed by atoms with Gasteiger partial charge in [-0.1, -0.05) is 48.0 Å². The first-order valence-corrected chi connectivity index (χ1v) is 7.03. The van der Waals surface area contributed by atoms with E-state index in [1.54, 1.807) is 7.05 Å². The third kappa shape index (κ3) is 3.85. The van der Waals surface area contributed by atoms with Crippen molar-refractivity contribution in [1.29, 1.82) is 0 Å². The van der Waals surface area contributed by atoms with E-state index in [4.69, 9.17) is 4.84 Å². The molecule has 0 fully saturated rings. The van der Waals surface area contributed by atoms with E-state index in [1.807, 2.05) is 51.1 Å². The number of nitrogens with zero attached hydrogens (tertiary/aromatic N) is 1. The molecule has 3 heteroatoms. The first kappa shape index (κ1) is 15.1. The lowest BCUT2D eigenvalue weighted by molar-refractivity contribution is -0.151. The van der Waals surface area contributed by atoms with E-state index in [2.05, 4.69) is 12.1 Å². The summed E-state index contributed by atoms with van der Waals surface area (Å²) in [7, 11) is 1.66. The van der Waals surface area contributed by atoms with Gasteiger partial charge in [0.05, 0.1) is 6.42 Å². The van der Waals surface area contributed by atoms with E-state index in [0.717, 1.165) is 22.4 Å². The van der Waals surface area contributed by atoms with Crippen LogP contribution in [0.25, 0.3) is 0 Å². The third-order valence-electron chi connectivity index (χ3n) is 3.38. The highest BCUT2D eigenvalue weighted by molar-refractivity contribution is 5.77. The number of amides is 1. The molecule has 0 saturated carbocycles. The minimum atomic E-state index is -0.0689. The number of hydrogen-bond donors (Lipinski definition) is 0. The fraction of sp³-hybridized carbons (Fsp3) is 0.278. The van der Waals surface area contributed by atoms with Gasteiger partial charge >= 0.3 is 0 Å². The van der Waals surface area contributed by atoms with Crippen LogP contribution in [0, 0.1) is 20.8 Å². The molecule has 0 heterocycles. The second kappa shape index (κ2) is 6.44. The second-order valence-corrected chi connectivity index (χ2v) is 5.37. The molecule has 21 heavy (non-hydrogen) atoms. The maximum Gasteiger partial charge on any atom is 0.259 e. The Morgan fingerprint density at radius 2 is 1.62 bits per heavy atom. The maximum absolute atomic E-state index is 12.2. The topological polar surface area (TPSA) is 29.5 Å². The van der Waals surface area contributed by atoms with Crippen molar-refractivity contribution in [3.05, 3.63) is 64.7 Å². The van der Waals surface area contributed by atoms with Crippen LogP contribution in [0.1, 0.15) is 22.3 Å². The first-order valence-electron chi connectivity index (χ1n) is 7.03. The predicted molar refractivity (Wildman–Crippen MR) is 84.2 cm³/mol. The van der Waals surface area contributed by atoms with Crippen molar-refractivity contribution in [3.63, 3.8) is 0 Å². The average molecular weight is 283 g/mol. The molecule has 0 saturated heterocycles. The molecule has 2 rings (SSSR count). The molecule has 0 aliphatic carbocycles. The van der Waals surface area contributed by atoms with Gasteiger partial charge in [0.1, 0.15) is 0 Å². The largest absolute Gasteiger partial charge is 0.377 e. The third-order valence-corrected chi connectivity index (χ3v) is 3.38. The van der Waals surface area contributed by atoms with Crippen molar-refractivity contribution in [2.24, 2.45) is 0 Å². The summed E-state index contributed by atoms with van der Waals surface area (Å²) < 4.78 is 0. The second-order valence-electron chi connectivity index (χ2n) is 5.37. The van der Waals surface area contributed by atoms with E-state index in [9.17, 15) is 4.79 Å².